The highest BCUT2D eigenvalue weighted by molar-refractivity contribution is 7.17. The zero-order chi connectivity index (χ0) is 20.5. The largest absolute Gasteiger partial charge is 0.481 e. The summed E-state index contributed by atoms with van der Waals surface area (Å²) in [5.41, 5.74) is 1.52. The van der Waals surface area contributed by atoms with Gasteiger partial charge in [-0.15, -0.1) is 11.3 Å². The number of rotatable bonds is 7. The topological polar surface area (TPSA) is 92.7 Å². The van der Waals surface area contributed by atoms with E-state index in [9.17, 15) is 19.5 Å². The molecule has 0 aliphatic heterocycles. The van der Waals surface area contributed by atoms with Gasteiger partial charge >= 0.3 is 11.9 Å². The average molecular weight is 420 g/mol. The summed E-state index contributed by atoms with van der Waals surface area (Å²) in [5, 5.41) is 13.2. The number of ether oxygens (including phenoxy) is 1. The first-order valence-electron chi connectivity index (χ1n) is 10.9. The lowest BCUT2D eigenvalue weighted by Crippen LogP contribution is -2.38. The molecular formula is C22H29NO5S. The predicted molar refractivity (Wildman–Crippen MR) is 110 cm³/mol. The second kappa shape index (κ2) is 8.46. The molecule has 29 heavy (non-hydrogen) atoms. The summed E-state index contributed by atoms with van der Waals surface area (Å²) in [7, 11) is 0. The van der Waals surface area contributed by atoms with Gasteiger partial charge in [-0.25, -0.2) is 4.79 Å². The molecule has 2 fully saturated rings. The molecule has 1 aromatic heterocycles. The Morgan fingerprint density at radius 2 is 1.86 bits per heavy atom. The third-order valence-corrected chi connectivity index (χ3v) is 8.05. The maximum Gasteiger partial charge on any atom is 0.341 e. The van der Waals surface area contributed by atoms with E-state index in [0.29, 0.717) is 17.2 Å². The van der Waals surface area contributed by atoms with E-state index in [2.05, 4.69) is 5.32 Å². The number of thiophene rings is 1. The fraction of sp³-hybridized carbons (Fsp3) is 0.682. The number of carboxylic acid groups (broad SMARTS) is 1. The zero-order valence-corrected chi connectivity index (χ0v) is 17.7. The second-order valence-electron chi connectivity index (χ2n) is 8.62. The van der Waals surface area contributed by atoms with Gasteiger partial charge in [0.25, 0.3) is 0 Å². The van der Waals surface area contributed by atoms with E-state index in [1.54, 1.807) is 0 Å². The smallest absolute Gasteiger partial charge is 0.341 e. The van der Waals surface area contributed by atoms with Crippen LogP contribution in [0.5, 0.6) is 0 Å². The molecule has 3 aliphatic carbocycles. The van der Waals surface area contributed by atoms with Crippen molar-refractivity contribution >= 4 is 34.2 Å². The van der Waals surface area contributed by atoms with E-state index >= 15 is 0 Å². The molecule has 1 amide bonds. The van der Waals surface area contributed by atoms with Gasteiger partial charge in [0, 0.05) is 4.88 Å². The van der Waals surface area contributed by atoms with Crippen molar-refractivity contribution < 1.29 is 24.2 Å². The van der Waals surface area contributed by atoms with Crippen LogP contribution >= 0.6 is 11.3 Å². The van der Waals surface area contributed by atoms with Crippen LogP contribution in [0.15, 0.2) is 0 Å². The third-order valence-electron chi connectivity index (χ3n) is 6.85. The summed E-state index contributed by atoms with van der Waals surface area (Å²) in [4.78, 5) is 38.9. The number of esters is 1. The van der Waals surface area contributed by atoms with Crippen LogP contribution in [-0.4, -0.2) is 29.6 Å². The monoisotopic (exact) mass is 419 g/mol. The lowest BCUT2D eigenvalue weighted by Gasteiger charge is -2.27. The van der Waals surface area contributed by atoms with Crippen molar-refractivity contribution in [2.24, 2.45) is 23.7 Å². The summed E-state index contributed by atoms with van der Waals surface area (Å²) in [5.74, 6) is -2.36. The molecule has 158 valence electrons. The first-order valence-corrected chi connectivity index (χ1v) is 11.7. The van der Waals surface area contributed by atoms with Gasteiger partial charge in [0.15, 0.2) is 0 Å². The van der Waals surface area contributed by atoms with Crippen LogP contribution in [0.4, 0.5) is 5.00 Å². The highest BCUT2D eigenvalue weighted by atomic mass is 32.1. The average Bonchev–Trinajstić information content (AvgIpc) is 3.40. The normalized spacial score (nSPS) is 27.5. The number of carbonyl (C=O) groups is 3. The molecule has 1 aromatic rings. The van der Waals surface area contributed by atoms with Crippen molar-refractivity contribution in [1.29, 1.82) is 0 Å². The van der Waals surface area contributed by atoms with Crippen molar-refractivity contribution in [2.75, 3.05) is 11.9 Å². The number of aliphatic carboxylic acids is 1. The Bertz CT molecular complexity index is 816. The fourth-order valence-corrected chi connectivity index (χ4v) is 6.75. The number of carbonyl (C=O) groups excluding carboxylic acids is 2. The van der Waals surface area contributed by atoms with Gasteiger partial charge in [-0.1, -0.05) is 13.3 Å². The molecular weight excluding hydrogens is 390 g/mol. The van der Waals surface area contributed by atoms with E-state index in [1.165, 1.54) is 11.3 Å². The SMILES string of the molecule is CCCCOC(=O)c1c(NC(=O)[C@H]2[C@H]3CC[C@@H](C3)[C@H]2C(=O)O)sc2c1CCCC2. The molecule has 7 heteroatoms. The maximum atomic E-state index is 13.1. The summed E-state index contributed by atoms with van der Waals surface area (Å²) >= 11 is 1.47. The first kappa shape index (κ1) is 20.4. The molecule has 0 aromatic carbocycles. The Kier molecular flexibility index (Phi) is 5.95. The number of amides is 1. The number of anilines is 1. The van der Waals surface area contributed by atoms with Crippen LogP contribution in [0, 0.1) is 23.7 Å². The number of fused-ring (bicyclic) bond motifs is 3. The number of hydrogen-bond donors (Lipinski definition) is 2. The molecule has 0 saturated heterocycles. The lowest BCUT2D eigenvalue weighted by molar-refractivity contribution is -0.148. The quantitative estimate of drug-likeness (QED) is 0.509. The summed E-state index contributed by atoms with van der Waals surface area (Å²) < 4.78 is 5.47. The maximum absolute atomic E-state index is 13.1. The van der Waals surface area contributed by atoms with Crippen LogP contribution in [0.2, 0.25) is 0 Å². The minimum Gasteiger partial charge on any atom is -0.481 e. The molecule has 4 rings (SSSR count). The van der Waals surface area contributed by atoms with E-state index in [-0.39, 0.29) is 23.7 Å². The summed E-state index contributed by atoms with van der Waals surface area (Å²) in [6, 6.07) is 0. The summed E-state index contributed by atoms with van der Waals surface area (Å²) in [6.45, 7) is 2.42. The van der Waals surface area contributed by atoms with Crippen molar-refractivity contribution in [3.63, 3.8) is 0 Å². The number of carboxylic acids is 1. The number of nitrogens with one attached hydrogen (secondary N) is 1. The van der Waals surface area contributed by atoms with Gasteiger partial charge in [0.1, 0.15) is 5.00 Å². The highest BCUT2D eigenvalue weighted by Crippen LogP contribution is 2.53. The molecule has 2 bridgehead atoms. The van der Waals surface area contributed by atoms with Crippen LogP contribution in [0.3, 0.4) is 0 Å². The van der Waals surface area contributed by atoms with Gasteiger partial charge in [-0.05, 0) is 68.8 Å². The van der Waals surface area contributed by atoms with Crippen molar-refractivity contribution in [3.8, 4) is 0 Å². The third kappa shape index (κ3) is 3.81. The standard InChI is InChI=1S/C22H29NO5S/c1-2-3-10-28-22(27)18-14-6-4-5-7-15(14)29-20(18)23-19(24)16-12-8-9-13(11-12)17(16)21(25)26/h12-13,16-17H,2-11H2,1H3,(H,23,24)(H,25,26)/t12-,13-,16-,17+/m0/s1. The molecule has 1 heterocycles. The Balaban J connectivity index is 1.58. The van der Waals surface area contributed by atoms with Crippen LogP contribution in [0.1, 0.15) is 72.7 Å². The first-order chi connectivity index (χ1) is 14.0. The Morgan fingerprint density at radius 1 is 1.14 bits per heavy atom. The number of hydrogen-bond acceptors (Lipinski definition) is 5. The van der Waals surface area contributed by atoms with Crippen molar-refractivity contribution in [1.82, 2.24) is 0 Å². The van der Waals surface area contributed by atoms with Crippen LogP contribution in [-0.2, 0) is 27.2 Å². The Labute approximate surface area is 175 Å². The molecule has 4 atom stereocenters. The van der Waals surface area contributed by atoms with E-state index in [4.69, 9.17) is 4.74 Å². The van der Waals surface area contributed by atoms with Crippen molar-refractivity contribution in [3.05, 3.63) is 16.0 Å². The number of aryl methyl sites for hydroxylation is 1. The van der Waals surface area contributed by atoms with Crippen LogP contribution in [0.25, 0.3) is 0 Å². The molecule has 2 N–H and O–H groups in total. The number of unbranched alkanes of at least 4 members (excludes halogenated alkanes) is 1. The van der Waals surface area contributed by atoms with E-state index < -0.39 is 17.8 Å². The predicted octanol–water partition coefficient (Wildman–Crippen LogP) is 4.27. The van der Waals surface area contributed by atoms with Gasteiger partial charge in [0.2, 0.25) is 5.91 Å². The molecule has 0 radical (unpaired) electrons. The van der Waals surface area contributed by atoms with Gasteiger partial charge in [-0.2, -0.15) is 0 Å². The molecule has 3 aliphatic rings. The molecule has 2 saturated carbocycles. The van der Waals surface area contributed by atoms with Gasteiger partial charge in [0.05, 0.1) is 24.0 Å². The van der Waals surface area contributed by atoms with E-state index in [1.807, 2.05) is 6.92 Å². The minimum absolute atomic E-state index is 0.100. The van der Waals surface area contributed by atoms with E-state index in [0.717, 1.165) is 68.2 Å². The molecule has 0 spiro atoms. The molecule has 0 unspecified atom stereocenters. The second-order valence-corrected chi connectivity index (χ2v) is 9.72. The van der Waals surface area contributed by atoms with Crippen molar-refractivity contribution in [2.45, 2.75) is 64.7 Å². The Hall–Kier alpha value is -1.89. The van der Waals surface area contributed by atoms with Gasteiger partial charge < -0.3 is 15.2 Å². The minimum atomic E-state index is -0.873. The zero-order valence-electron chi connectivity index (χ0n) is 16.9. The Morgan fingerprint density at radius 3 is 2.59 bits per heavy atom. The highest BCUT2D eigenvalue weighted by Gasteiger charge is 2.54. The van der Waals surface area contributed by atoms with Crippen LogP contribution < -0.4 is 5.32 Å². The molecule has 6 nitrogen and oxygen atoms in total. The summed E-state index contributed by atoms with van der Waals surface area (Å²) in [6.07, 6.45) is 8.24. The van der Waals surface area contributed by atoms with Gasteiger partial charge in [-0.3, -0.25) is 9.59 Å². The lowest BCUT2D eigenvalue weighted by atomic mass is 9.78. The fourth-order valence-electron chi connectivity index (χ4n) is 5.47.